The number of amidine groups is 1. The number of para-hydroxylation sites is 1. The number of rotatable bonds is 3. The Hall–Kier alpha value is -2.57. The molecule has 1 saturated heterocycles. The highest BCUT2D eigenvalue weighted by Gasteiger charge is 2.42. The largest absolute Gasteiger partial charge is 0.481 e. The highest BCUT2D eigenvalue weighted by atomic mass is 35.5. The monoisotopic (exact) mass is 413 g/mol. The van der Waals surface area contributed by atoms with Crippen molar-refractivity contribution in [3.8, 4) is 11.5 Å². The van der Waals surface area contributed by atoms with E-state index in [1.807, 2.05) is 37.3 Å². The lowest BCUT2D eigenvalue weighted by Gasteiger charge is -2.42. The summed E-state index contributed by atoms with van der Waals surface area (Å²) in [4.78, 5) is 19.0. The van der Waals surface area contributed by atoms with E-state index >= 15 is 0 Å². The molecule has 2 aliphatic heterocycles. The van der Waals surface area contributed by atoms with Crippen LogP contribution in [0.3, 0.4) is 0 Å². The molecule has 2 heterocycles. The number of benzene rings is 2. The van der Waals surface area contributed by atoms with E-state index in [9.17, 15) is 9.90 Å². The lowest BCUT2D eigenvalue weighted by atomic mass is 9.78. The fourth-order valence-electron chi connectivity index (χ4n) is 3.85. The second-order valence-electron chi connectivity index (χ2n) is 7.67. The summed E-state index contributed by atoms with van der Waals surface area (Å²) in [7, 11) is 0. The Morgan fingerprint density at radius 3 is 2.90 bits per heavy atom. The molecule has 0 amide bonds. The predicted molar refractivity (Wildman–Crippen MR) is 114 cm³/mol. The second-order valence-corrected chi connectivity index (χ2v) is 8.11. The predicted octanol–water partition coefficient (Wildman–Crippen LogP) is 4.30. The third kappa shape index (κ3) is 3.58. The molecule has 2 aliphatic rings. The zero-order valence-electron chi connectivity index (χ0n) is 16.5. The van der Waals surface area contributed by atoms with Gasteiger partial charge >= 0.3 is 5.97 Å². The number of carboxylic acids is 1. The number of halogens is 1. The van der Waals surface area contributed by atoms with Gasteiger partial charge in [0.2, 0.25) is 0 Å². The van der Waals surface area contributed by atoms with Crippen LogP contribution < -0.4 is 10.1 Å². The first-order valence-corrected chi connectivity index (χ1v) is 10.2. The van der Waals surface area contributed by atoms with Crippen LogP contribution in [0.25, 0.3) is 0 Å². The van der Waals surface area contributed by atoms with Crippen LogP contribution in [0.15, 0.2) is 47.5 Å². The van der Waals surface area contributed by atoms with Crippen LogP contribution in [0.2, 0.25) is 5.02 Å². The summed E-state index contributed by atoms with van der Waals surface area (Å²) in [6, 6.07) is 13.0. The molecule has 4 rings (SSSR count). The average Bonchev–Trinajstić information content (AvgIpc) is 2.89. The van der Waals surface area contributed by atoms with Gasteiger partial charge in [0.05, 0.1) is 11.0 Å². The van der Waals surface area contributed by atoms with E-state index in [2.05, 4.69) is 10.2 Å². The summed E-state index contributed by atoms with van der Waals surface area (Å²) in [6.45, 7) is 5.66. The Bertz CT molecular complexity index is 978. The van der Waals surface area contributed by atoms with Gasteiger partial charge in [-0.15, -0.1) is 0 Å². The lowest BCUT2D eigenvalue weighted by Crippen LogP contribution is -2.60. The van der Waals surface area contributed by atoms with Crippen LogP contribution >= 0.6 is 11.6 Å². The molecule has 1 fully saturated rings. The molecule has 29 heavy (non-hydrogen) atoms. The quantitative estimate of drug-likeness (QED) is 0.784. The van der Waals surface area contributed by atoms with E-state index in [0.717, 1.165) is 23.7 Å². The Kier molecular flexibility index (Phi) is 5.23. The Morgan fingerprint density at radius 2 is 2.14 bits per heavy atom. The SMILES string of the molecule is CC[C@@](C)(C(=O)O)C1CN(C2=Nc3cc(Cl)ccc3Oc3ccccc32)CCN1. The highest BCUT2D eigenvalue weighted by Crippen LogP contribution is 2.40. The van der Waals surface area contributed by atoms with Crippen molar-refractivity contribution in [2.24, 2.45) is 10.4 Å². The smallest absolute Gasteiger partial charge is 0.310 e. The number of piperazine rings is 1. The summed E-state index contributed by atoms with van der Waals surface area (Å²) < 4.78 is 6.12. The van der Waals surface area contributed by atoms with Gasteiger partial charge in [0.1, 0.15) is 17.3 Å². The van der Waals surface area contributed by atoms with Gasteiger partial charge in [0.15, 0.2) is 5.75 Å². The minimum absolute atomic E-state index is 0.198. The van der Waals surface area contributed by atoms with Crippen molar-refractivity contribution in [2.75, 3.05) is 19.6 Å². The molecule has 0 aliphatic carbocycles. The van der Waals surface area contributed by atoms with Crippen molar-refractivity contribution in [3.63, 3.8) is 0 Å². The van der Waals surface area contributed by atoms with Gasteiger partial charge in [-0.3, -0.25) is 4.79 Å². The molecular weight excluding hydrogens is 390 g/mol. The molecule has 0 radical (unpaired) electrons. The summed E-state index contributed by atoms with van der Waals surface area (Å²) >= 11 is 6.20. The molecule has 2 aromatic carbocycles. The molecule has 1 unspecified atom stereocenters. The number of nitrogens with zero attached hydrogens (tertiary/aromatic N) is 2. The van der Waals surface area contributed by atoms with Gasteiger partial charge in [0.25, 0.3) is 0 Å². The molecule has 152 valence electrons. The van der Waals surface area contributed by atoms with Gasteiger partial charge in [-0.05, 0) is 43.7 Å². The normalized spacial score (nSPS) is 20.4. The minimum Gasteiger partial charge on any atom is -0.481 e. The third-order valence-corrected chi connectivity index (χ3v) is 6.20. The average molecular weight is 414 g/mol. The molecule has 6 nitrogen and oxygen atoms in total. The molecule has 7 heteroatoms. The van der Waals surface area contributed by atoms with Crippen LogP contribution in [0, 0.1) is 5.41 Å². The van der Waals surface area contributed by atoms with Crippen molar-refractivity contribution >= 4 is 29.1 Å². The van der Waals surface area contributed by atoms with Crippen molar-refractivity contribution in [1.29, 1.82) is 0 Å². The summed E-state index contributed by atoms with van der Waals surface area (Å²) in [6.07, 6.45) is 0.540. The Balaban J connectivity index is 1.77. The number of hydrogen-bond donors (Lipinski definition) is 2. The van der Waals surface area contributed by atoms with Gasteiger partial charge in [-0.2, -0.15) is 0 Å². The number of ether oxygens (including phenoxy) is 1. The van der Waals surface area contributed by atoms with Gasteiger partial charge in [-0.25, -0.2) is 4.99 Å². The maximum absolute atomic E-state index is 12.0. The fourth-order valence-corrected chi connectivity index (χ4v) is 4.02. The van der Waals surface area contributed by atoms with Crippen LogP contribution in [-0.2, 0) is 4.79 Å². The standard InChI is InChI=1S/C22H24ClN3O3/c1-3-22(2,21(27)28)19-13-26(11-10-24-19)20-15-6-4-5-7-17(15)29-18-9-8-14(23)12-16(18)25-20/h4-9,12,19,24H,3,10-11,13H2,1-2H3,(H,27,28)/t19?,22-/m1/s1. The molecular formula is C22H24ClN3O3. The maximum atomic E-state index is 12.0. The van der Waals surface area contributed by atoms with Crippen LogP contribution in [0.4, 0.5) is 5.69 Å². The molecule has 2 atom stereocenters. The van der Waals surface area contributed by atoms with E-state index in [4.69, 9.17) is 21.3 Å². The molecule has 0 bridgehead atoms. The first-order valence-electron chi connectivity index (χ1n) is 9.79. The fraction of sp³-hybridized carbons (Fsp3) is 0.364. The Morgan fingerprint density at radius 1 is 1.34 bits per heavy atom. The lowest BCUT2D eigenvalue weighted by molar-refractivity contribution is -0.150. The van der Waals surface area contributed by atoms with E-state index < -0.39 is 11.4 Å². The van der Waals surface area contributed by atoms with Crippen molar-refractivity contribution in [1.82, 2.24) is 10.2 Å². The topological polar surface area (TPSA) is 74.2 Å². The van der Waals surface area contributed by atoms with E-state index in [0.29, 0.717) is 36.0 Å². The van der Waals surface area contributed by atoms with Crippen LogP contribution in [0.5, 0.6) is 11.5 Å². The Labute approximate surface area is 175 Å². The molecule has 0 aromatic heterocycles. The first-order chi connectivity index (χ1) is 13.9. The van der Waals surface area contributed by atoms with E-state index in [1.54, 1.807) is 19.1 Å². The summed E-state index contributed by atoms with van der Waals surface area (Å²) in [5.41, 5.74) is 0.686. The highest BCUT2D eigenvalue weighted by molar-refractivity contribution is 6.31. The third-order valence-electron chi connectivity index (χ3n) is 5.96. The maximum Gasteiger partial charge on any atom is 0.310 e. The van der Waals surface area contributed by atoms with E-state index in [-0.39, 0.29) is 6.04 Å². The first kappa shape index (κ1) is 19.7. The number of fused-ring (bicyclic) bond motifs is 2. The van der Waals surface area contributed by atoms with Gasteiger partial charge < -0.3 is 20.1 Å². The van der Waals surface area contributed by atoms with Crippen molar-refractivity contribution < 1.29 is 14.6 Å². The van der Waals surface area contributed by atoms with Crippen LogP contribution in [0.1, 0.15) is 25.8 Å². The molecule has 2 N–H and O–H groups in total. The number of aliphatic carboxylic acids is 1. The second kappa shape index (κ2) is 7.69. The van der Waals surface area contributed by atoms with Gasteiger partial charge in [0, 0.05) is 30.7 Å². The van der Waals surface area contributed by atoms with Crippen molar-refractivity contribution in [3.05, 3.63) is 53.1 Å². The van der Waals surface area contributed by atoms with Gasteiger partial charge in [-0.1, -0.05) is 30.7 Å². The summed E-state index contributed by atoms with van der Waals surface area (Å²) in [5, 5.41) is 13.8. The number of carboxylic acid groups (broad SMARTS) is 1. The number of nitrogens with one attached hydrogen (secondary N) is 1. The minimum atomic E-state index is -0.860. The van der Waals surface area contributed by atoms with Crippen LogP contribution in [-0.4, -0.2) is 47.5 Å². The zero-order valence-corrected chi connectivity index (χ0v) is 17.2. The summed E-state index contributed by atoms with van der Waals surface area (Å²) in [5.74, 6) is 1.35. The molecule has 2 aromatic rings. The number of hydrogen-bond acceptors (Lipinski definition) is 5. The van der Waals surface area contributed by atoms with Crippen molar-refractivity contribution in [2.45, 2.75) is 26.3 Å². The molecule has 0 saturated carbocycles. The van der Waals surface area contributed by atoms with E-state index in [1.165, 1.54) is 0 Å². The number of carbonyl (C=O) groups is 1. The zero-order chi connectivity index (χ0) is 20.6. The number of aliphatic imine (C=N–C) groups is 1. The molecule has 0 spiro atoms.